The van der Waals surface area contributed by atoms with E-state index in [0.29, 0.717) is 12.0 Å². The lowest BCUT2D eigenvalue weighted by Gasteiger charge is -2.29. The number of benzene rings is 3. The normalized spacial score (nSPS) is 13.3. The molecule has 254 valence electrons. The Morgan fingerprint density at radius 3 is 2.04 bits per heavy atom. The molecule has 3 aromatic rings. The van der Waals surface area contributed by atoms with E-state index in [-0.39, 0.29) is 53.7 Å². The number of rotatable bonds is 18. The molecule has 1 amide bonds. The lowest BCUT2D eigenvalue weighted by atomic mass is 10.1. The Hall–Kier alpha value is -4.18. The van der Waals surface area contributed by atoms with Gasteiger partial charge in [-0.2, -0.15) is 9.03 Å². The van der Waals surface area contributed by atoms with Crippen LogP contribution in [0, 0.1) is 23.0 Å². The largest absolute Gasteiger partial charge is 0.480 e. The molecule has 0 aliphatic carbocycles. The summed E-state index contributed by atoms with van der Waals surface area (Å²) in [6, 6.07) is 16.7. The number of unbranched alkanes of at least 4 members (excludes halogenated alkanes) is 1. The second kappa shape index (κ2) is 16.6. The lowest BCUT2D eigenvalue weighted by molar-refractivity contribution is -0.384. The number of non-ortho nitro benzene ring substituents is 1. The van der Waals surface area contributed by atoms with E-state index >= 15 is 0 Å². The molecule has 3 aromatic carbocycles. The number of aliphatic carboxylic acids is 1. The maximum Gasteiger partial charge on any atom is 0.322 e. The summed E-state index contributed by atoms with van der Waals surface area (Å²) in [4.78, 5) is 35.6. The Bertz CT molecular complexity index is 1730. The molecule has 13 nitrogen and oxygen atoms in total. The zero-order valence-corrected chi connectivity index (χ0v) is 28.0. The summed E-state index contributed by atoms with van der Waals surface area (Å²) in [5.41, 5.74) is 1.26. The van der Waals surface area contributed by atoms with Crippen molar-refractivity contribution in [3.63, 3.8) is 0 Å². The van der Waals surface area contributed by atoms with E-state index in [2.05, 4.69) is 10.0 Å². The van der Waals surface area contributed by atoms with Crippen molar-refractivity contribution in [3.8, 4) is 0 Å². The maximum atomic E-state index is 13.5. The van der Waals surface area contributed by atoms with Crippen molar-refractivity contribution in [1.29, 1.82) is 0 Å². The highest BCUT2D eigenvalue weighted by molar-refractivity contribution is 7.89. The van der Waals surface area contributed by atoms with Gasteiger partial charge >= 0.3 is 5.97 Å². The molecule has 0 bridgehead atoms. The number of amides is 1. The monoisotopic (exact) mass is 688 g/mol. The smallest absolute Gasteiger partial charge is 0.322 e. The first kappa shape index (κ1) is 37.3. The molecule has 0 aliphatic heterocycles. The summed E-state index contributed by atoms with van der Waals surface area (Å²) in [6.07, 6.45) is 0.556. The molecular weight excluding hydrogens is 649 g/mol. The van der Waals surface area contributed by atoms with Crippen LogP contribution in [0.2, 0.25) is 0 Å². The standard InChI is InChI=1S/C32H40N4O9S2/c1-23(2)22-35(47(44,45)28-16-12-24(3)13-17-28)30(32(38)39)11-7-8-20-33-31(37)29(21-25-9-5-4-6-10-25)34-46(42,43)27-18-14-26(15-19-27)36(40)41/h4-6,9-10,12-19,23,29-30,34H,7-8,11,20-22H2,1-3H3,(H,33,37)(H,38,39)/t29-,30-/m0/s1. The summed E-state index contributed by atoms with van der Waals surface area (Å²) < 4.78 is 56.6. The van der Waals surface area contributed by atoms with Gasteiger partial charge in [0.25, 0.3) is 5.69 Å². The summed E-state index contributed by atoms with van der Waals surface area (Å²) in [6.45, 7) is 5.49. The average Bonchev–Trinajstić information content (AvgIpc) is 3.01. The molecule has 15 heteroatoms. The third-order valence-corrected chi connectivity index (χ3v) is 10.6. The number of nitro benzene ring substituents is 1. The molecule has 0 spiro atoms. The van der Waals surface area contributed by atoms with E-state index in [1.807, 2.05) is 6.92 Å². The Labute approximate surface area is 275 Å². The fourth-order valence-electron chi connectivity index (χ4n) is 4.83. The first-order valence-corrected chi connectivity index (χ1v) is 17.9. The number of nitro groups is 1. The van der Waals surface area contributed by atoms with Crippen LogP contribution in [0.15, 0.2) is 88.7 Å². The molecule has 0 heterocycles. The van der Waals surface area contributed by atoms with Crippen molar-refractivity contribution in [2.45, 2.75) is 68.3 Å². The fraction of sp³-hybridized carbons (Fsp3) is 0.375. The first-order chi connectivity index (χ1) is 22.1. The number of nitrogens with zero attached hydrogens (tertiary/aromatic N) is 2. The van der Waals surface area contributed by atoms with Gasteiger partial charge in [-0.1, -0.05) is 61.9 Å². The van der Waals surface area contributed by atoms with Crippen molar-refractivity contribution in [1.82, 2.24) is 14.3 Å². The van der Waals surface area contributed by atoms with Gasteiger partial charge in [-0.25, -0.2) is 16.8 Å². The van der Waals surface area contributed by atoms with Gasteiger partial charge < -0.3 is 10.4 Å². The minimum Gasteiger partial charge on any atom is -0.480 e. The third kappa shape index (κ3) is 10.7. The highest BCUT2D eigenvalue weighted by Gasteiger charge is 2.36. The summed E-state index contributed by atoms with van der Waals surface area (Å²) in [5.74, 6) is -2.06. The Balaban J connectivity index is 1.69. The number of carbonyl (C=O) groups is 2. The summed E-state index contributed by atoms with van der Waals surface area (Å²) in [7, 11) is -8.36. The van der Waals surface area contributed by atoms with Gasteiger partial charge in [-0.15, -0.1) is 0 Å². The van der Waals surface area contributed by atoms with E-state index < -0.39 is 48.9 Å². The van der Waals surface area contributed by atoms with Gasteiger partial charge in [0.05, 0.1) is 14.7 Å². The van der Waals surface area contributed by atoms with Gasteiger partial charge in [0.2, 0.25) is 26.0 Å². The van der Waals surface area contributed by atoms with Crippen LogP contribution in [0.5, 0.6) is 0 Å². The third-order valence-electron chi connectivity index (χ3n) is 7.26. The summed E-state index contributed by atoms with van der Waals surface area (Å²) in [5, 5.41) is 23.7. The van der Waals surface area contributed by atoms with Crippen LogP contribution < -0.4 is 10.0 Å². The van der Waals surface area contributed by atoms with E-state index in [9.17, 15) is 41.6 Å². The highest BCUT2D eigenvalue weighted by Crippen LogP contribution is 2.23. The van der Waals surface area contributed by atoms with Crippen LogP contribution in [0.4, 0.5) is 5.69 Å². The number of carbonyl (C=O) groups excluding carboxylic acids is 1. The summed E-state index contributed by atoms with van der Waals surface area (Å²) >= 11 is 0. The van der Waals surface area contributed by atoms with Gasteiger partial charge in [0, 0.05) is 25.2 Å². The van der Waals surface area contributed by atoms with Crippen molar-refractivity contribution in [3.05, 3.63) is 100 Å². The predicted molar refractivity (Wildman–Crippen MR) is 176 cm³/mol. The Morgan fingerprint density at radius 2 is 1.49 bits per heavy atom. The van der Waals surface area contributed by atoms with Gasteiger partial charge in [0.15, 0.2) is 0 Å². The van der Waals surface area contributed by atoms with Gasteiger partial charge in [-0.05, 0) is 68.4 Å². The van der Waals surface area contributed by atoms with Crippen LogP contribution >= 0.6 is 0 Å². The lowest BCUT2D eigenvalue weighted by Crippen LogP contribution is -2.48. The maximum absolute atomic E-state index is 13.5. The van der Waals surface area contributed by atoms with E-state index in [1.54, 1.807) is 56.3 Å². The topological polar surface area (TPSA) is 193 Å². The molecule has 3 rings (SSSR count). The van der Waals surface area contributed by atoms with Crippen LogP contribution in [0.1, 0.15) is 44.2 Å². The number of hydrogen-bond donors (Lipinski definition) is 3. The van der Waals surface area contributed by atoms with E-state index in [0.717, 1.165) is 34.1 Å². The van der Waals surface area contributed by atoms with E-state index in [1.165, 1.54) is 12.1 Å². The van der Waals surface area contributed by atoms with Gasteiger partial charge in [0.1, 0.15) is 12.1 Å². The molecular formula is C32H40N4O9S2. The molecule has 3 N–H and O–H groups in total. The zero-order chi connectivity index (χ0) is 34.8. The Kier molecular flexibility index (Phi) is 13.2. The molecule has 0 radical (unpaired) electrons. The zero-order valence-electron chi connectivity index (χ0n) is 26.4. The van der Waals surface area contributed by atoms with Crippen molar-refractivity contribution in [2.24, 2.45) is 5.92 Å². The quantitative estimate of drug-likeness (QED) is 0.101. The molecule has 0 aromatic heterocycles. The molecule has 0 fully saturated rings. The minimum atomic E-state index is -4.24. The SMILES string of the molecule is Cc1ccc(S(=O)(=O)N(CC(C)C)[C@@H](CCCCNC(=O)[C@H](Cc2ccccc2)NS(=O)(=O)c2ccc([N+](=O)[O-])cc2)C(=O)O)cc1. The van der Waals surface area contributed by atoms with Crippen molar-refractivity contribution in [2.75, 3.05) is 13.1 Å². The molecule has 47 heavy (non-hydrogen) atoms. The number of nitrogens with one attached hydrogen (secondary N) is 2. The minimum absolute atomic E-state index is 0.0000176. The van der Waals surface area contributed by atoms with Gasteiger partial charge in [-0.3, -0.25) is 19.7 Å². The van der Waals surface area contributed by atoms with Crippen molar-refractivity contribution >= 4 is 37.6 Å². The molecule has 0 aliphatic rings. The highest BCUT2D eigenvalue weighted by atomic mass is 32.2. The first-order valence-electron chi connectivity index (χ1n) is 15.0. The second-order valence-electron chi connectivity index (χ2n) is 11.5. The van der Waals surface area contributed by atoms with Crippen LogP contribution in [-0.2, 0) is 36.1 Å². The van der Waals surface area contributed by atoms with Crippen LogP contribution in [0.25, 0.3) is 0 Å². The number of carboxylic acids is 1. The number of sulfonamides is 2. The Morgan fingerprint density at radius 1 is 0.894 bits per heavy atom. The fourth-order valence-corrected chi connectivity index (χ4v) is 7.80. The number of hydrogen-bond acceptors (Lipinski definition) is 8. The molecule has 0 unspecified atom stereocenters. The second-order valence-corrected chi connectivity index (χ2v) is 15.1. The predicted octanol–water partition coefficient (Wildman–Crippen LogP) is 3.88. The van der Waals surface area contributed by atoms with Crippen LogP contribution in [-0.4, -0.2) is 68.2 Å². The number of aryl methyl sites for hydroxylation is 1. The van der Waals surface area contributed by atoms with E-state index in [4.69, 9.17) is 0 Å². The average molecular weight is 689 g/mol. The number of carboxylic acid groups (broad SMARTS) is 1. The van der Waals surface area contributed by atoms with Crippen molar-refractivity contribution < 1.29 is 36.5 Å². The molecule has 0 saturated carbocycles. The molecule has 0 saturated heterocycles. The molecule has 2 atom stereocenters. The van der Waals surface area contributed by atoms with Crippen LogP contribution in [0.3, 0.4) is 0 Å².